The third kappa shape index (κ3) is 3.41. The first-order valence-corrected chi connectivity index (χ1v) is 5.99. The molecule has 0 aliphatic carbocycles. The van der Waals surface area contributed by atoms with Crippen LogP contribution in [0.4, 0.5) is 0 Å². The quantitative estimate of drug-likeness (QED) is 0.885. The second-order valence-corrected chi connectivity index (χ2v) is 5.08. The summed E-state index contributed by atoms with van der Waals surface area (Å²) in [5, 5.41) is 0. The van der Waals surface area contributed by atoms with E-state index in [0.717, 1.165) is 13.1 Å². The Bertz CT molecular complexity index is 276. The molecule has 0 amide bonds. The molecular formula is C10H18ClN3S. The third-order valence-corrected chi connectivity index (χ3v) is 3.68. The maximum absolute atomic E-state index is 5.90. The molecule has 0 radical (unpaired) electrons. The van der Waals surface area contributed by atoms with Gasteiger partial charge in [-0.2, -0.15) is 0 Å². The number of hydrogen-bond donors (Lipinski definition) is 1. The van der Waals surface area contributed by atoms with E-state index in [-0.39, 0.29) is 12.4 Å². The van der Waals surface area contributed by atoms with E-state index in [1.54, 1.807) is 11.3 Å². The number of rotatable bonds is 3. The Morgan fingerprint density at radius 3 is 3.07 bits per heavy atom. The van der Waals surface area contributed by atoms with Crippen LogP contribution in [0.2, 0.25) is 0 Å². The summed E-state index contributed by atoms with van der Waals surface area (Å²) in [5.41, 5.74) is 7.79. The summed E-state index contributed by atoms with van der Waals surface area (Å²) < 4.78 is 0. The fourth-order valence-electron chi connectivity index (χ4n) is 1.98. The molecule has 1 aliphatic heterocycles. The first kappa shape index (κ1) is 12.9. The van der Waals surface area contributed by atoms with E-state index in [9.17, 15) is 0 Å². The van der Waals surface area contributed by atoms with E-state index in [0.29, 0.717) is 12.0 Å². The Hall–Kier alpha value is -0.160. The average Bonchev–Trinajstić information content (AvgIpc) is 2.75. The summed E-state index contributed by atoms with van der Waals surface area (Å²) in [6, 6.07) is 0.335. The first-order valence-electron chi connectivity index (χ1n) is 5.11. The molecule has 5 heteroatoms. The molecule has 15 heavy (non-hydrogen) atoms. The van der Waals surface area contributed by atoms with Crippen molar-refractivity contribution >= 4 is 23.7 Å². The zero-order valence-electron chi connectivity index (χ0n) is 8.93. The maximum atomic E-state index is 5.90. The SMILES string of the molecule is CC(N)C1CCN(Cc2cncs2)C1.Cl. The second-order valence-electron chi connectivity index (χ2n) is 4.11. The molecule has 2 heterocycles. The molecule has 1 fully saturated rings. The van der Waals surface area contributed by atoms with Crippen LogP contribution >= 0.6 is 23.7 Å². The number of likely N-dealkylation sites (tertiary alicyclic amines) is 1. The van der Waals surface area contributed by atoms with Crippen molar-refractivity contribution < 1.29 is 0 Å². The summed E-state index contributed by atoms with van der Waals surface area (Å²) in [6.45, 7) is 5.49. The van der Waals surface area contributed by atoms with Crippen molar-refractivity contribution in [2.75, 3.05) is 13.1 Å². The van der Waals surface area contributed by atoms with Crippen LogP contribution in [0.25, 0.3) is 0 Å². The van der Waals surface area contributed by atoms with Gasteiger partial charge in [-0.1, -0.05) is 0 Å². The van der Waals surface area contributed by atoms with E-state index in [2.05, 4.69) is 16.8 Å². The number of thiazole rings is 1. The lowest BCUT2D eigenvalue weighted by Crippen LogP contribution is -2.29. The summed E-state index contributed by atoms with van der Waals surface area (Å²) in [7, 11) is 0. The molecule has 0 spiro atoms. The zero-order chi connectivity index (χ0) is 9.97. The van der Waals surface area contributed by atoms with Crippen LogP contribution in [0.1, 0.15) is 18.2 Å². The minimum atomic E-state index is 0. The van der Waals surface area contributed by atoms with Crippen molar-refractivity contribution in [3.63, 3.8) is 0 Å². The van der Waals surface area contributed by atoms with Gasteiger partial charge < -0.3 is 5.73 Å². The van der Waals surface area contributed by atoms with Gasteiger partial charge in [0.2, 0.25) is 0 Å². The van der Waals surface area contributed by atoms with Crippen LogP contribution in [-0.4, -0.2) is 29.0 Å². The number of halogens is 1. The van der Waals surface area contributed by atoms with Gasteiger partial charge in [0.1, 0.15) is 0 Å². The molecule has 1 aliphatic rings. The Morgan fingerprint density at radius 2 is 2.53 bits per heavy atom. The third-order valence-electron chi connectivity index (χ3n) is 2.92. The normalized spacial score (nSPS) is 23.7. The lowest BCUT2D eigenvalue weighted by atomic mass is 10.0. The highest BCUT2D eigenvalue weighted by molar-refractivity contribution is 7.09. The van der Waals surface area contributed by atoms with Crippen molar-refractivity contribution in [2.45, 2.75) is 25.9 Å². The highest BCUT2D eigenvalue weighted by Gasteiger charge is 2.25. The molecule has 86 valence electrons. The maximum Gasteiger partial charge on any atom is 0.0794 e. The smallest absolute Gasteiger partial charge is 0.0794 e. The molecular weight excluding hydrogens is 230 g/mol. The Kier molecular flexibility index (Phi) is 4.99. The highest BCUT2D eigenvalue weighted by atomic mass is 35.5. The van der Waals surface area contributed by atoms with Crippen molar-refractivity contribution in [3.8, 4) is 0 Å². The topological polar surface area (TPSA) is 42.1 Å². The molecule has 2 N–H and O–H groups in total. The van der Waals surface area contributed by atoms with Crippen molar-refractivity contribution in [2.24, 2.45) is 11.7 Å². The van der Waals surface area contributed by atoms with Gasteiger partial charge in [-0.05, 0) is 25.8 Å². The Balaban J connectivity index is 0.00000112. The fraction of sp³-hybridized carbons (Fsp3) is 0.700. The predicted octanol–water partition coefficient (Wildman–Crippen LogP) is 1.73. The monoisotopic (exact) mass is 247 g/mol. The highest BCUT2D eigenvalue weighted by Crippen LogP contribution is 2.21. The van der Waals surface area contributed by atoms with Gasteiger partial charge in [0.15, 0.2) is 0 Å². The molecule has 1 aromatic heterocycles. The van der Waals surface area contributed by atoms with Crippen LogP contribution in [0.15, 0.2) is 11.7 Å². The molecule has 0 saturated carbocycles. The standard InChI is InChI=1S/C10H17N3S.ClH/c1-8(11)9-2-3-13(5-9)6-10-4-12-7-14-10;/h4,7-9H,2-3,5-6,11H2,1H3;1H. The number of hydrogen-bond acceptors (Lipinski definition) is 4. The second kappa shape index (κ2) is 5.80. The molecule has 0 aromatic carbocycles. The van der Waals surface area contributed by atoms with E-state index >= 15 is 0 Å². The van der Waals surface area contributed by atoms with Crippen LogP contribution in [-0.2, 0) is 6.54 Å². The van der Waals surface area contributed by atoms with Gasteiger partial charge >= 0.3 is 0 Å². The lowest BCUT2D eigenvalue weighted by molar-refractivity contribution is 0.311. The summed E-state index contributed by atoms with van der Waals surface area (Å²) in [6.07, 6.45) is 3.21. The minimum absolute atomic E-state index is 0. The zero-order valence-corrected chi connectivity index (χ0v) is 10.6. The van der Waals surface area contributed by atoms with Crippen molar-refractivity contribution in [3.05, 3.63) is 16.6 Å². The summed E-state index contributed by atoms with van der Waals surface area (Å²) >= 11 is 1.74. The Morgan fingerprint density at radius 1 is 1.73 bits per heavy atom. The number of nitrogens with two attached hydrogens (primary N) is 1. The van der Waals surface area contributed by atoms with Gasteiger partial charge in [0.25, 0.3) is 0 Å². The van der Waals surface area contributed by atoms with E-state index < -0.39 is 0 Å². The molecule has 0 bridgehead atoms. The summed E-state index contributed by atoms with van der Waals surface area (Å²) in [5.74, 6) is 0.683. The van der Waals surface area contributed by atoms with Gasteiger partial charge in [-0.3, -0.25) is 9.88 Å². The lowest BCUT2D eigenvalue weighted by Gasteiger charge is -2.16. The van der Waals surface area contributed by atoms with E-state index in [4.69, 9.17) is 5.73 Å². The molecule has 1 aromatic rings. The average molecular weight is 248 g/mol. The van der Waals surface area contributed by atoms with E-state index in [1.807, 2.05) is 11.7 Å². The number of aromatic nitrogens is 1. The molecule has 2 rings (SSSR count). The summed E-state index contributed by atoms with van der Waals surface area (Å²) in [4.78, 5) is 7.92. The first-order chi connectivity index (χ1) is 6.75. The molecule has 2 atom stereocenters. The van der Waals surface area contributed by atoms with Crippen molar-refractivity contribution in [1.82, 2.24) is 9.88 Å². The van der Waals surface area contributed by atoms with Gasteiger partial charge in [0.05, 0.1) is 5.51 Å². The molecule has 2 unspecified atom stereocenters. The minimum Gasteiger partial charge on any atom is -0.328 e. The fourth-order valence-corrected chi connectivity index (χ4v) is 2.61. The number of nitrogens with zero attached hydrogens (tertiary/aromatic N) is 2. The van der Waals surface area contributed by atoms with Crippen molar-refractivity contribution in [1.29, 1.82) is 0 Å². The van der Waals surface area contributed by atoms with Crippen LogP contribution in [0.5, 0.6) is 0 Å². The van der Waals surface area contributed by atoms with Crippen LogP contribution < -0.4 is 5.73 Å². The van der Waals surface area contributed by atoms with Gasteiger partial charge in [-0.25, -0.2) is 0 Å². The predicted molar refractivity (Wildman–Crippen MR) is 66.4 cm³/mol. The molecule has 1 saturated heterocycles. The van der Waals surface area contributed by atoms with Crippen LogP contribution in [0, 0.1) is 5.92 Å². The van der Waals surface area contributed by atoms with Gasteiger partial charge in [-0.15, -0.1) is 23.7 Å². The Labute approximate surface area is 101 Å². The van der Waals surface area contributed by atoms with Gasteiger partial charge in [0, 0.05) is 30.2 Å². The largest absolute Gasteiger partial charge is 0.328 e. The molecule has 3 nitrogen and oxygen atoms in total. The van der Waals surface area contributed by atoms with Crippen LogP contribution in [0.3, 0.4) is 0 Å². The van der Waals surface area contributed by atoms with E-state index in [1.165, 1.54) is 17.8 Å².